The Bertz CT molecular complexity index is 843. The summed E-state index contributed by atoms with van der Waals surface area (Å²) in [6.07, 6.45) is 1.26. The van der Waals surface area contributed by atoms with Crippen molar-refractivity contribution in [3.05, 3.63) is 47.2 Å². The summed E-state index contributed by atoms with van der Waals surface area (Å²) in [6, 6.07) is 3.75. The largest absolute Gasteiger partial charge is 0.375 e. The predicted molar refractivity (Wildman–Crippen MR) is 92.5 cm³/mol. The van der Waals surface area contributed by atoms with Crippen LogP contribution in [-0.4, -0.2) is 37.6 Å². The van der Waals surface area contributed by atoms with Crippen LogP contribution in [0.5, 0.6) is 0 Å². The molecule has 0 unspecified atom stereocenters. The lowest BCUT2D eigenvalue weighted by Gasteiger charge is -2.15. The van der Waals surface area contributed by atoms with Crippen LogP contribution >= 0.6 is 0 Å². The maximum Gasteiger partial charge on any atom is 0.254 e. The molecule has 0 aliphatic rings. The zero-order valence-electron chi connectivity index (χ0n) is 14.4. The topological polar surface area (TPSA) is 92.4 Å². The quantitative estimate of drug-likeness (QED) is 0.732. The molecule has 2 rings (SSSR count). The van der Waals surface area contributed by atoms with Crippen LogP contribution in [0.15, 0.2) is 24.4 Å². The number of anilines is 3. The van der Waals surface area contributed by atoms with Gasteiger partial charge in [0.25, 0.3) is 11.8 Å². The van der Waals surface area contributed by atoms with E-state index in [9.17, 15) is 18.4 Å². The number of aromatic nitrogens is 1. The van der Waals surface area contributed by atoms with E-state index in [1.807, 2.05) is 0 Å². The molecule has 0 atom stereocenters. The van der Waals surface area contributed by atoms with Gasteiger partial charge < -0.3 is 20.7 Å². The number of halogens is 2. The lowest BCUT2D eigenvalue weighted by atomic mass is 10.1. The zero-order valence-corrected chi connectivity index (χ0v) is 14.4. The summed E-state index contributed by atoms with van der Waals surface area (Å²) in [5.41, 5.74) is 0.756. The number of nitrogens with zero attached hydrogens (tertiary/aromatic N) is 1. The van der Waals surface area contributed by atoms with Crippen molar-refractivity contribution in [2.45, 2.75) is 6.92 Å². The van der Waals surface area contributed by atoms with Crippen molar-refractivity contribution in [2.24, 2.45) is 0 Å². The third kappa shape index (κ3) is 4.31. The average molecular weight is 364 g/mol. The number of amides is 2. The molecule has 26 heavy (non-hydrogen) atoms. The minimum atomic E-state index is -0.987. The van der Waals surface area contributed by atoms with Gasteiger partial charge in [-0.25, -0.2) is 13.8 Å². The summed E-state index contributed by atoms with van der Waals surface area (Å²) in [6.45, 7) is 1.24. The SMILES string of the molecule is CNC(=O)c1cnc(NC(=O)COC)cc1Nc1ccc(F)c(F)c1C. The number of rotatable bonds is 6. The van der Waals surface area contributed by atoms with Crippen LogP contribution in [0, 0.1) is 18.6 Å². The maximum atomic E-state index is 13.8. The Hall–Kier alpha value is -3.07. The number of benzene rings is 1. The minimum absolute atomic E-state index is 0.0506. The van der Waals surface area contributed by atoms with Gasteiger partial charge in [0.1, 0.15) is 12.4 Å². The number of nitrogens with one attached hydrogen (secondary N) is 3. The van der Waals surface area contributed by atoms with Gasteiger partial charge in [-0.05, 0) is 19.1 Å². The summed E-state index contributed by atoms with van der Waals surface area (Å²) in [4.78, 5) is 27.7. The van der Waals surface area contributed by atoms with E-state index in [1.54, 1.807) is 0 Å². The molecule has 1 heterocycles. The third-order valence-corrected chi connectivity index (χ3v) is 3.53. The van der Waals surface area contributed by atoms with Gasteiger partial charge in [0.2, 0.25) is 0 Å². The molecule has 1 aromatic carbocycles. The van der Waals surface area contributed by atoms with Gasteiger partial charge in [-0.3, -0.25) is 9.59 Å². The molecule has 9 heteroatoms. The van der Waals surface area contributed by atoms with Crippen molar-refractivity contribution in [2.75, 3.05) is 31.4 Å². The van der Waals surface area contributed by atoms with Crippen LogP contribution in [0.3, 0.4) is 0 Å². The molecule has 1 aromatic heterocycles. The Morgan fingerprint density at radius 1 is 1.23 bits per heavy atom. The summed E-state index contributed by atoms with van der Waals surface area (Å²) >= 11 is 0. The first-order valence-electron chi connectivity index (χ1n) is 7.60. The molecule has 0 bridgehead atoms. The first kappa shape index (κ1) is 19.3. The fraction of sp³-hybridized carbons (Fsp3) is 0.235. The fourth-order valence-electron chi connectivity index (χ4n) is 2.19. The summed E-state index contributed by atoms with van der Waals surface area (Å²) in [5.74, 6) is -2.65. The molecule has 3 N–H and O–H groups in total. The molecular formula is C17H18F2N4O3. The molecule has 0 saturated carbocycles. The molecule has 0 aliphatic heterocycles. The monoisotopic (exact) mass is 364 g/mol. The summed E-state index contributed by atoms with van der Waals surface area (Å²) in [7, 11) is 2.82. The third-order valence-electron chi connectivity index (χ3n) is 3.53. The Kier molecular flexibility index (Phi) is 6.18. The Balaban J connectivity index is 2.41. The molecule has 0 spiro atoms. The van der Waals surface area contributed by atoms with E-state index in [2.05, 4.69) is 20.9 Å². The highest BCUT2D eigenvalue weighted by molar-refractivity contribution is 6.01. The van der Waals surface area contributed by atoms with E-state index in [4.69, 9.17) is 4.74 Å². The van der Waals surface area contributed by atoms with E-state index in [-0.39, 0.29) is 34.9 Å². The molecule has 2 amide bonds. The van der Waals surface area contributed by atoms with Gasteiger partial charge in [0, 0.05) is 37.7 Å². The Morgan fingerprint density at radius 3 is 2.62 bits per heavy atom. The van der Waals surface area contributed by atoms with Crippen LogP contribution in [0.25, 0.3) is 0 Å². The zero-order chi connectivity index (χ0) is 19.3. The van der Waals surface area contributed by atoms with Crippen LogP contribution in [0.2, 0.25) is 0 Å². The number of carbonyl (C=O) groups excluding carboxylic acids is 2. The van der Waals surface area contributed by atoms with E-state index >= 15 is 0 Å². The second-order valence-electron chi connectivity index (χ2n) is 5.33. The lowest BCUT2D eigenvalue weighted by Crippen LogP contribution is -2.21. The van der Waals surface area contributed by atoms with Crippen molar-refractivity contribution >= 4 is 29.0 Å². The minimum Gasteiger partial charge on any atom is -0.375 e. The number of hydrogen-bond acceptors (Lipinski definition) is 5. The van der Waals surface area contributed by atoms with E-state index in [0.717, 1.165) is 6.07 Å². The van der Waals surface area contributed by atoms with Crippen molar-refractivity contribution in [1.82, 2.24) is 10.3 Å². The van der Waals surface area contributed by atoms with Crippen LogP contribution < -0.4 is 16.0 Å². The lowest BCUT2D eigenvalue weighted by molar-refractivity contribution is -0.119. The van der Waals surface area contributed by atoms with Crippen molar-refractivity contribution in [3.63, 3.8) is 0 Å². The number of carbonyl (C=O) groups is 2. The Morgan fingerprint density at radius 2 is 1.96 bits per heavy atom. The first-order valence-corrected chi connectivity index (χ1v) is 7.60. The van der Waals surface area contributed by atoms with Gasteiger partial charge in [0.05, 0.1) is 11.3 Å². The molecule has 7 nitrogen and oxygen atoms in total. The second kappa shape index (κ2) is 8.34. The normalized spacial score (nSPS) is 10.3. The van der Waals surface area contributed by atoms with Crippen molar-refractivity contribution in [3.8, 4) is 0 Å². The van der Waals surface area contributed by atoms with Gasteiger partial charge in [-0.2, -0.15) is 0 Å². The van der Waals surface area contributed by atoms with Gasteiger partial charge in [-0.1, -0.05) is 0 Å². The number of pyridine rings is 1. The average Bonchev–Trinajstić information content (AvgIpc) is 2.62. The van der Waals surface area contributed by atoms with Crippen molar-refractivity contribution < 1.29 is 23.1 Å². The van der Waals surface area contributed by atoms with Crippen molar-refractivity contribution in [1.29, 1.82) is 0 Å². The van der Waals surface area contributed by atoms with Gasteiger partial charge in [-0.15, -0.1) is 0 Å². The highest BCUT2D eigenvalue weighted by atomic mass is 19.2. The summed E-state index contributed by atoms with van der Waals surface area (Å²) in [5, 5.41) is 7.85. The highest BCUT2D eigenvalue weighted by Crippen LogP contribution is 2.27. The van der Waals surface area contributed by atoms with E-state index in [1.165, 1.54) is 39.4 Å². The van der Waals surface area contributed by atoms with Gasteiger partial charge >= 0.3 is 0 Å². The molecular weight excluding hydrogens is 346 g/mol. The fourth-order valence-corrected chi connectivity index (χ4v) is 2.19. The molecule has 2 aromatic rings. The first-order chi connectivity index (χ1) is 12.4. The summed E-state index contributed by atoms with van der Waals surface area (Å²) < 4.78 is 31.8. The second-order valence-corrected chi connectivity index (χ2v) is 5.33. The maximum absolute atomic E-state index is 13.8. The molecule has 0 radical (unpaired) electrons. The predicted octanol–water partition coefficient (Wildman–Crippen LogP) is 2.36. The molecule has 0 saturated heterocycles. The highest BCUT2D eigenvalue weighted by Gasteiger charge is 2.16. The van der Waals surface area contributed by atoms with Crippen LogP contribution in [0.1, 0.15) is 15.9 Å². The van der Waals surface area contributed by atoms with Gasteiger partial charge in [0.15, 0.2) is 11.6 Å². The standard InChI is InChI=1S/C17H18F2N4O3/c1-9-12(5-4-11(18)16(9)19)22-13-6-14(23-15(24)8-26-3)21-7-10(13)17(25)20-2/h4-7H,8H2,1-3H3,(H,20,25)(H2,21,22,23,24). The smallest absolute Gasteiger partial charge is 0.254 e. The van der Waals surface area contributed by atoms with E-state index < -0.39 is 23.4 Å². The number of methoxy groups -OCH3 is 1. The molecule has 0 aliphatic carbocycles. The van der Waals surface area contributed by atoms with Crippen LogP contribution in [-0.2, 0) is 9.53 Å². The van der Waals surface area contributed by atoms with Crippen LogP contribution in [0.4, 0.5) is 26.0 Å². The number of ether oxygens (including phenoxy) is 1. The number of hydrogen-bond donors (Lipinski definition) is 3. The molecule has 138 valence electrons. The Labute approximate surface area is 148 Å². The molecule has 0 fully saturated rings. The van der Waals surface area contributed by atoms with E-state index in [0.29, 0.717) is 0 Å².